The first kappa shape index (κ1) is 11.2. The minimum absolute atomic E-state index is 0.0856. The van der Waals surface area contributed by atoms with Gasteiger partial charge < -0.3 is 14.6 Å². The Hall–Kier alpha value is -1.29. The molecule has 16 heavy (non-hydrogen) atoms. The molecule has 0 spiro atoms. The van der Waals surface area contributed by atoms with E-state index in [1.807, 2.05) is 18.7 Å². The van der Waals surface area contributed by atoms with E-state index in [4.69, 9.17) is 4.42 Å². The Morgan fingerprint density at radius 3 is 3.00 bits per heavy atom. The summed E-state index contributed by atoms with van der Waals surface area (Å²) >= 11 is 0. The van der Waals surface area contributed by atoms with Gasteiger partial charge in [-0.1, -0.05) is 0 Å². The fraction of sp³-hybridized carbons (Fsp3) is 0.583. The zero-order valence-electron chi connectivity index (χ0n) is 9.82. The van der Waals surface area contributed by atoms with E-state index in [-0.39, 0.29) is 5.91 Å². The highest BCUT2D eigenvalue weighted by Gasteiger charge is 2.27. The number of nitrogens with one attached hydrogen (secondary N) is 1. The molecule has 1 atom stereocenters. The molecular formula is C12H18N2O2. The van der Waals surface area contributed by atoms with Gasteiger partial charge in [0.05, 0.1) is 11.8 Å². The second-order valence-corrected chi connectivity index (χ2v) is 4.13. The number of carbonyl (C=O) groups is 1. The number of nitrogens with zero attached hydrogens (tertiary/aromatic N) is 1. The zero-order valence-corrected chi connectivity index (χ0v) is 9.82. The van der Waals surface area contributed by atoms with Crippen molar-refractivity contribution in [3.63, 3.8) is 0 Å². The van der Waals surface area contributed by atoms with Crippen LogP contribution in [0.25, 0.3) is 0 Å². The summed E-state index contributed by atoms with van der Waals surface area (Å²) in [4.78, 5) is 14.2. The molecule has 1 aliphatic heterocycles. The minimum Gasteiger partial charge on any atom is -0.469 e. The summed E-state index contributed by atoms with van der Waals surface area (Å²) in [6.07, 6.45) is 2.61. The molecule has 1 fully saturated rings. The number of carbonyl (C=O) groups excluding carboxylic acids is 1. The second kappa shape index (κ2) is 4.70. The van der Waals surface area contributed by atoms with Gasteiger partial charge in [-0.3, -0.25) is 4.79 Å². The number of aryl methyl sites for hydroxylation is 1. The van der Waals surface area contributed by atoms with Crippen LogP contribution in [0.15, 0.2) is 16.7 Å². The third-order valence-electron chi connectivity index (χ3n) is 3.17. The highest BCUT2D eigenvalue weighted by Crippen LogP contribution is 2.16. The van der Waals surface area contributed by atoms with Crippen LogP contribution in [0, 0.1) is 6.92 Å². The molecule has 1 aromatic rings. The predicted molar refractivity (Wildman–Crippen MR) is 61.4 cm³/mol. The van der Waals surface area contributed by atoms with Crippen LogP contribution in [0.3, 0.4) is 0 Å². The summed E-state index contributed by atoms with van der Waals surface area (Å²) < 4.78 is 5.18. The van der Waals surface area contributed by atoms with Gasteiger partial charge in [0.2, 0.25) is 0 Å². The zero-order chi connectivity index (χ0) is 11.5. The monoisotopic (exact) mass is 222 g/mol. The van der Waals surface area contributed by atoms with Gasteiger partial charge in [-0.2, -0.15) is 0 Å². The Kier molecular flexibility index (Phi) is 3.29. The summed E-state index contributed by atoms with van der Waals surface area (Å²) in [5.74, 6) is 0.789. The lowest BCUT2D eigenvalue weighted by atomic mass is 10.1. The van der Waals surface area contributed by atoms with Gasteiger partial charge in [-0.05, 0) is 32.9 Å². The topological polar surface area (TPSA) is 45.5 Å². The van der Waals surface area contributed by atoms with Crippen molar-refractivity contribution in [2.24, 2.45) is 0 Å². The van der Waals surface area contributed by atoms with Crippen molar-refractivity contribution in [2.75, 3.05) is 19.6 Å². The van der Waals surface area contributed by atoms with E-state index in [1.54, 1.807) is 12.3 Å². The molecule has 1 aromatic heterocycles. The lowest BCUT2D eigenvalue weighted by Crippen LogP contribution is -2.41. The molecule has 0 radical (unpaired) electrons. The maximum atomic E-state index is 12.3. The van der Waals surface area contributed by atoms with Crippen LogP contribution in [0.1, 0.15) is 29.5 Å². The van der Waals surface area contributed by atoms with Crippen molar-refractivity contribution in [3.05, 3.63) is 23.7 Å². The van der Waals surface area contributed by atoms with Crippen LogP contribution in [0.4, 0.5) is 0 Å². The molecule has 1 aliphatic rings. The van der Waals surface area contributed by atoms with Gasteiger partial charge in [0.1, 0.15) is 5.76 Å². The average Bonchev–Trinajstić information content (AvgIpc) is 2.90. The van der Waals surface area contributed by atoms with E-state index in [2.05, 4.69) is 5.32 Å². The van der Waals surface area contributed by atoms with Crippen molar-refractivity contribution in [3.8, 4) is 0 Å². The Morgan fingerprint density at radius 2 is 2.50 bits per heavy atom. The minimum atomic E-state index is 0.0856. The molecule has 2 rings (SSSR count). The van der Waals surface area contributed by atoms with E-state index in [9.17, 15) is 4.79 Å². The SMILES string of the molecule is CCN(C(=O)c1ccoc1C)C1CCNC1. The van der Waals surface area contributed by atoms with Gasteiger partial charge in [0.25, 0.3) is 5.91 Å². The number of amides is 1. The largest absolute Gasteiger partial charge is 0.469 e. The summed E-state index contributed by atoms with van der Waals surface area (Å²) in [6, 6.07) is 2.08. The molecule has 1 unspecified atom stereocenters. The summed E-state index contributed by atoms with van der Waals surface area (Å²) in [5, 5.41) is 3.28. The van der Waals surface area contributed by atoms with Crippen LogP contribution in [-0.4, -0.2) is 36.5 Å². The quantitative estimate of drug-likeness (QED) is 0.841. The molecule has 4 heteroatoms. The molecule has 0 aliphatic carbocycles. The normalized spacial score (nSPS) is 20.0. The van der Waals surface area contributed by atoms with Gasteiger partial charge >= 0.3 is 0 Å². The van der Waals surface area contributed by atoms with Crippen molar-refractivity contribution < 1.29 is 9.21 Å². The Balaban J connectivity index is 2.15. The van der Waals surface area contributed by atoms with Crippen molar-refractivity contribution in [1.29, 1.82) is 0 Å². The smallest absolute Gasteiger partial charge is 0.257 e. The Labute approximate surface area is 95.6 Å². The molecule has 1 saturated heterocycles. The van der Waals surface area contributed by atoms with Crippen molar-refractivity contribution >= 4 is 5.91 Å². The molecule has 4 nitrogen and oxygen atoms in total. The maximum Gasteiger partial charge on any atom is 0.257 e. The van der Waals surface area contributed by atoms with Gasteiger partial charge in [-0.15, -0.1) is 0 Å². The average molecular weight is 222 g/mol. The summed E-state index contributed by atoms with van der Waals surface area (Å²) in [6.45, 7) is 6.49. The maximum absolute atomic E-state index is 12.3. The molecular weight excluding hydrogens is 204 g/mol. The molecule has 0 aromatic carbocycles. The van der Waals surface area contributed by atoms with E-state index in [0.717, 1.165) is 26.1 Å². The van der Waals surface area contributed by atoms with Crippen LogP contribution in [0.5, 0.6) is 0 Å². The molecule has 0 saturated carbocycles. The number of rotatable bonds is 3. The predicted octanol–water partition coefficient (Wildman–Crippen LogP) is 1.41. The lowest BCUT2D eigenvalue weighted by Gasteiger charge is -2.26. The summed E-state index contributed by atoms with van der Waals surface area (Å²) in [5.41, 5.74) is 0.689. The second-order valence-electron chi connectivity index (χ2n) is 4.13. The molecule has 88 valence electrons. The fourth-order valence-corrected chi connectivity index (χ4v) is 2.23. The van der Waals surface area contributed by atoms with E-state index in [0.29, 0.717) is 17.4 Å². The van der Waals surface area contributed by atoms with Crippen molar-refractivity contribution in [1.82, 2.24) is 10.2 Å². The Morgan fingerprint density at radius 1 is 1.69 bits per heavy atom. The highest BCUT2D eigenvalue weighted by atomic mass is 16.3. The molecule has 2 heterocycles. The van der Waals surface area contributed by atoms with Gasteiger partial charge in [0.15, 0.2) is 0 Å². The lowest BCUT2D eigenvalue weighted by molar-refractivity contribution is 0.0702. The first-order valence-electron chi connectivity index (χ1n) is 5.79. The van der Waals surface area contributed by atoms with Gasteiger partial charge in [-0.25, -0.2) is 0 Å². The third-order valence-corrected chi connectivity index (χ3v) is 3.17. The van der Waals surface area contributed by atoms with Crippen LogP contribution in [-0.2, 0) is 0 Å². The summed E-state index contributed by atoms with van der Waals surface area (Å²) in [7, 11) is 0. The van der Waals surface area contributed by atoms with E-state index >= 15 is 0 Å². The first-order valence-corrected chi connectivity index (χ1v) is 5.79. The molecule has 0 bridgehead atoms. The number of likely N-dealkylation sites (N-methyl/N-ethyl adjacent to an activating group) is 1. The van der Waals surface area contributed by atoms with Crippen LogP contribution < -0.4 is 5.32 Å². The van der Waals surface area contributed by atoms with Gasteiger partial charge in [0, 0.05) is 19.1 Å². The van der Waals surface area contributed by atoms with Crippen molar-refractivity contribution in [2.45, 2.75) is 26.3 Å². The van der Waals surface area contributed by atoms with Crippen LogP contribution in [0.2, 0.25) is 0 Å². The number of hydrogen-bond donors (Lipinski definition) is 1. The molecule has 1 amide bonds. The van der Waals surface area contributed by atoms with Crippen LogP contribution >= 0.6 is 0 Å². The Bertz CT molecular complexity index is 367. The van der Waals surface area contributed by atoms with E-state index < -0.39 is 0 Å². The standard InChI is InChI=1S/C12H18N2O2/c1-3-14(10-4-6-13-8-10)12(15)11-5-7-16-9(11)2/h5,7,10,13H,3-4,6,8H2,1-2H3. The number of furan rings is 1. The third kappa shape index (κ3) is 1.97. The van der Waals surface area contributed by atoms with E-state index in [1.165, 1.54) is 0 Å². The molecule has 1 N–H and O–H groups in total. The number of hydrogen-bond acceptors (Lipinski definition) is 3. The highest BCUT2D eigenvalue weighted by molar-refractivity contribution is 5.95. The fourth-order valence-electron chi connectivity index (χ4n) is 2.23. The first-order chi connectivity index (χ1) is 7.74.